The number of fused-ring (bicyclic) bond motifs is 1. The number of hydrogen-bond acceptors (Lipinski definition) is 4. The van der Waals surface area contributed by atoms with Crippen molar-refractivity contribution in [2.45, 2.75) is 11.8 Å². The Morgan fingerprint density at radius 1 is 1.75 bits per heavy atom. The zero-order valence-corrected chi connectivity index (χ0v) is 9.26. The zero-order valence-electron chi connectivity index (χ0n) is 6.44. The van der Waals surface area contributed by atoms with Crippen LogP contribution in [0.25, 0.3) is 0 Å². The minimum Gasteiger partial charge on any atom is -0.543 e. The van der Waals surface area contributed by atoms with E-state index in [-0.39, 0.29) is 46.5 Å². The number of carbonyl (C=O) groups is 2. The van der Waals surface area contributed by atoms with Gasteiger partial charge in [0.15, 0.2) is 0 Å². The monoisotopic (exact) mass is 193 g/mol. The van der Waals surface area contributed by atoms with E-state index in [2.05, 4.69) is 0 Å². The first kappa shape index (κ1) is 10.1. The van der Waals surface area contributed by atoms with Gasteiger partial charge in [-0.3, -0.25) is 9.69 Å². The number of hydrogen-bond donors (Lipinski definition) is 0. The molecule has 0 N–H and O–H groups in total. The molecule has 0 bridgehead atoms. The van der Waals surface area contributed by atoms with Gasteiger partial charge in [0.05, 0.1) is 23.5 Å². The molecule has 12 heavy (non-hydrogen) atoms. The van der Waals surface area contributed by atoms with Crippen molar-refractivity contribution in [2.24, 2.45) is 0 Å². The molecule has 2 rings (SSSR count). The summed E-state index contributed by atoms with van der Waals surface area (Å²) >= 11 is 1.35. The molecule has 0 aromatic carbocycles. The second-order valence-electron chi connectivity index (χ2n) is 2.35. The van der Waals surface area contributed by atoms with Gasteiger partial charge in [0.2, 0.25) is 5.91 Å². The molecule has 58 valence electrons. The predicted octanol–water partition coefficient (Wildman–Crippen LogP) is -4.11. The van der Waals surface area contributed by atoms with E-state index < -0.39 is 5.97 Å². The van der Waals surface area contributed by atoms with Crippen molar-refractivity contribution < 1.29 is 44.3 Å². The molecule has 0 radical (unpaired) electrons. The molecule has 0 aromatic rings. The number of carbonyl (C=O) groups excluding carboxylic acids is 2. The van der Waals surface area contributed by atoms with Crippen LogP contribution in [0.3, 0.4) is 0 Å². The summed E-state index contributed by atoms with van der Waals surface area (Å²) in [6, 6.07) is 0. The van der Waals surface area contributed by atoms with E-state index in [4.69, 9.17) is 0 Å². The van der Waals surface area contributed by atoms with Crippen molar-refractivity contribution in [3.63, 3.8) is 0 Å². The summed E-state index contributed by atoms with van der Waals surface area (Å²) < 4.78 is 0. The Morgan fingerprint density at radius 3 is 2.83 bits per heavy atom. The molecule has 1 amide bonds. The number of thioether (sulfide) groups is 1. The minimum absolute atomic E-state index is 0. The summed E-state index contributed by atoms with van der Waals surface area (Å²) in [5.41, 5.74) is 0.0104. The van der Waals surface area contributed by atoms with Crippen LogP contribution in [-0.4, -0.2) is 22.2 Å². The molecule has 1 saturated heterocycles. The number of amides is 1. The van der Waals surface area contributed by atoms with Gasteiger partial charge in [-0.05, 0) is 5.41 Å². The SMILES string of the molecule is O=C([O-])C1=CS[C@@H]2CC(=O)N12.[Na+]. The van der Waals surface area contributed by atoms with Crippen LogP contribution >= 0.6 is 11.8 Å². The molecule has 0 spiro atoms. The van der Waals surface area contributed by atoms with Gasteiger partial charge >= 0.3 is 29.6 Å². The van der Waals surface area contributed by atoms with Crippen molar-refractivity contribution in [3.05, 3.63) is 11.1 Å². The minimum atomic E-state index is -1.27. The van der Waals surface area contributed by atoms with Crippen molar-refractivity contribution in [1.29, 1.82) is 0 Å². The fourth-order valence-electron chi connectivity index (χ4n) is 1.13. The largest absolute Gasteiger partial charge is 1.00 e. The molecule has 2 aliphatic rings. The third kappa shape index (κ3) is 1.31. The Kier molecular flexibility index (Phi) is 2.88. The summed E-state index contributed by atoms with van der Waals surface area (Å²) in [5, 5.41) is 11.8. The molecule has 1 atom stereocenters. The first-order chi connectivity index (χ1) is 5.20. The molecule has 2 aliphatic heterocycles. The Hall–Kier alpha value is 0.0300. The number of β-lactam (4-membered cyclic amide) rings is 1. The summed E-state index contributed by atoms with van der Waals surface area (Å²) in [7, 11) is 0. The summed E-state index contributed by atoms with van der Waals surface area (Å²) in [6.07, 6.45) is 0.442. The Bertz CT molecular complexity index is 278. The maximum Gasteiger partial charge on any atom is 1.00 e. The van der Waals surface area contributed by atoms with Crippen LogP contribution in [0.1, 0.15) is 6.42 Å². The van der Waals surface area contributed by atoms with Gasteiger partial charge in [-0.1, -0.05) is 0 Å². The fourth-order valence-corrected chi connectivity index (χ4v) is 2.22. The van der Waals surface area contributed by atoms with E-state index in [0.29, 0.717) is 6.42 Å². The standard InChI is InChI=1S/C6H5NO3S.Na/c8-4-1-5-7(4)3(2-11-5)6(9)10;/h2,5H,1H2,(H,9,10);/q;+1/p-1/t5-;/m1./s1. The summed E-state index contributed by atoms with van der Waals surface area (Å²) in [5.74, 6) is -1.40. The molecule has 0 unspecified atom stereocenters. The van der Waals surface area contributed by atoms with E-state index in [1.807, 2.05) is 0 Å². The second kappa shape index (κ2) is 3.41. The smallest absolute Gasteiger partial charge is 0.543 e. The number of aliphatic carboxylic acids is 1. The first-order valence-corrected chi connectivity index (χ1v) is 4.03. The quantitative estimate of drug-likeness (QED) is 0.313. The Balaban J connectivity index is 0.000000720. The van der Waals surface area contributed by atoms with Gasteiger partial charge in [-0.2, -0.15) is 0 Å². The second-order valence-corrected chi connectivity index (χ2v) is 3.40. The maximum absolute atomic E-state index is 10.8. The van der Waals surface area contributed by atoms with E-state index in [0.717, 1.165) is 0 Å². The molecule has 4 nitrogen and oxygen atoms in total. The van der Waals surface area contributed by atoms with Crippen LogP contribution in [0, 0.1) is 0 Å². The third-order valence-corrected chi connectivity index (χ3v) is 2.76. The van der Waals surface area contributed by atoms with Crippen molar-refractivity contribution >= 4 is 23.6 Å². The van der Waals surface area contributed by atoms with Crippen LogP contribution in [0.15, 0.2) is 11.1 Å². The van der Waals surface area contributed by atoms with Gasteiger partial charge < -0.3 is 9.90 Å². The summed E-state index contributed by atoms with van der Waals surface area (Å²) in [4.78, 5) is 22.4. The van der Waals surface area contributed by atoms with Gasteiger partial charge in [0, 0.05) is 0 Å². The predicted molar refractivity (Wildman–Crippen MR) is 35.9 cm³/mol. The Morgan fingerprint density at radius 2 is 2.42 bits per heavy atom. The van der Waals surface area contributed by atoms with Crippen molar-refractivity contribution in [3.8, 4) is 0 Å². The maximum atomic E-state index is 10.8. The van der Waals surface area contributed by atoms with Gasteiger partial charge in [0.25, 0.3) is 0 Å². The van der Waals surface area contributed by atoms with E-state index >= 15 is 0 Å². The average molecular weight is 193 g/mol. The average Bonchev–Trinajstić information content (AvgIpc) is 2.25. The molecular formula is C6H4NNaO3S. The van der Waals surface area contributed by atoms with Crippen molar-refractivity contribution in [1.82, 2.24) is 4.90 Å². The number of rotatable bonds is 1. The number of carboxylic acids is 1. The van der Waals surface area contributed by atoms with Crippen LogP contribution in [0.5, 0.6) is 0 Å². The molecule has 0 aliphatic carbocycles. The molecular weight excluding hydrogens is 189 g/mol. The Labute approximate surface area is 95.3 Å². The van der Waals surface area contributed by atoms with Crippen molar-refractivity contribution in [2.75, 3.05) is 0 Å². The van der Waals surface area contributed by atoms with Gasteiger partial charge in [0.1, 0.15) is 0 Å². The topological polar surface area (TPSA) is 60.4 Å². The van der Waals surface area contributed by atoms with Gasteiger partial charge in [-0.15, -0.1) is 11.8 Å². The first-order valence-electron chi connectivity index (χ1n) is 3.09. The number of carboxylic acid groups (broad SMARTS) is 1. The van der Waals surface area contributed by atoms with Crippen LogP contribution in [0.4, 0.5) is 0 Å². The van der Waals surface area contributed by atoms with E-state index in [1.165, 1.54) is 22.1 Å². The van der Waals surface area contributed by atoms with Crippen LogP contribution in [0.2, 0.25) is 0 Å². The van der Waals surface area contributed by atoms with E-state index in [9.17, 15) is 14.7 Å². The summed E-state index contributed by atoms with van der Waals surface area (Å²) in [6.45, 7) is 0. The molecule has 2 heterocycles. The van der Waals surface area contributed by atoms with Crippen LogP contribution < -0.4 is 34.7 Å². The molecule has 0 aromatic heterocycles. The van der Waals surface area contributed by atoms with Gasteiger partial charge in [-0.25, -0.2) is 0 Å². The molecule has 6 heteroatoms. The van der Waals surface area contributed by atoms with E-state index in [1.54, 1.807) is 0 Å². The fraction of sp³-hybridized carbons (Fsp3) is 0.333. The third-order valence-electron chi connectivity index (χ3n) is 1.71. The normalized spacial score (nSPS) is 25.3. The number of nitrogens with zero attached hydrogens (tertiary/aromatic N) is 1. The van der Waals surface area contributed by atoms with Crippen LogP contribution in [-0.2, 0) is 9.59 Å². The molecule has 1 fully saturated rings. The zero-order chi connectivity index (χ0) is 8.01. The molecule has 0 saturated carbocycles.